The Bertz CT molecular complexity index is 534. The number of carbonyl (C=O) groups is 1. The van der Waals surface area contributed by atoms with E-state index in [4.69, 9.17) is 0 Å². The van der Waals surface area contributed by atoms with E-state index in [2.05, 4.69) is 27.4 Å². The summed E-state index contributed by atoms with van der Waals surface area (Å²) in [5.41, 5.74) is 0.587. The molecule has 0 aliphatic carbocycles. The van der Waals surface area contributed by atoms with Gasteiger partial charge in [-0.05, 0) is 25.5 Å². The van der Waals surface area contributed by atoms with Gasteiger partial charge in [-0.15, -0.1) is 0 Å². The van der Waals surface area contributed by atoms with Crippen LogP contribution in [0, 0.1) is 6.92 Å². The molecule has 0 atom stereocenters. The molecule has 0 spiro atoms. The number of amides is 1. The lowest BCUT2D eigenvalue weighted by molar-refractivity contribution is 0.0947. The third-order valence-electron chi connectivity index (χ3n) is 3.16. The lowest BCUT2D eigenvalue weighted by atomic mass is 10.2. The van der Waals surface area contributed by atoms with Crippen LogP contribution in [-0.4, -0.2) is 42.0 Å². The van der Waals surface area contributed by atoms with Gasteiger partial charge in [0.05, 0.1) is 0 Å². The second-order valence-corrected chi connectivity index (χ2v) is 4.70. The van der Waals surface area contributed by atoms with Gasteiger partial charge in [-0.25, -0.2) is 0 Å². The van der Waals surface area contributed by atoms with Gasteiger partial charge >= 0.3 is 0 Å². The molecule has 2 N–H and O–H groups in total. The maximum atomic E-state index is 11.9. The van der Waals surface area contributed by atoms with Crippen molar-refractivity contribution in [3.63, 3.8) is 0 Å². The molecule has 0 unspecified atom stereocenters. The average Bonchev–Trinajstić information content (AvgIpc) is 2.39. The van der Waals surface area contributed by atoms with Crippen LogP contribution in [0.25, 0.3) is 0 Å². The summed E-state index contributed by atoms with van der Waals surface area (Å²) >= 11 is 0. The molecule has 1 amide bonds. The molecule has 0 aromatic carbocycles. The van der Waals surface area contributed by atoms with Gasteiger partial charge in [0.1, 0.15) is 5.56 Å². The van der Waals surface area contributed by atoms with Gasteiger partial charge in [0, 0.05) is 31.9 Å². The molecule has 102 valence electrons. The fourth-order valence-electron chi connectivity index (χ4n) is 2.07. The highest BCUT2D eigenvalue weighted by Crippen LogP contribution is 1.99. The number of H-pyrrole nitrogens is 1. The first-order valence-electron chi connectivity index (χ1n) is 6.52. The van der Waals surface area contributed by atoms with Gasteiger partial charge in [0.15, 0.2) is 0 Å². The first-order valence-corrected chi connectivity index (χ1v) is 6.52. The van der Waals surface area contributed by atoms with Crippen molar-refractivity contribution in [1.82, 2.24) is 15.2 Å². The van der Waals surface area contributed by atoms with Crippen LogP contribution in [0.1, 0.15) is 22.5 Å². The molecule has 1 aliphatic heterocycles. The molecule has 5 heteroatoms. The summed E-state index contributed by atoms with van der Waals surface area (Å²) in [4.78, 5) is 28.4. The SMILES string of the molecule is Cc1ccc(C(=O)NCCN2CC=CCC2)c(=O)[nH]1. The van der Waals surface area contributed by atoms with Crippen molar-refractivity contribution in [3.05, 3.63) is 45.9 Å². The van der Waals surface area contributed by atoms with Crippen LogP contribution in [0.3, 0.4) is 0 Å². The molecule has 1 aromatic heterocycles. The maximum Gasteiger partial charge on any atom is 0.260 e. The third kappa shape index (κ3) is 3.79. The second kappa shape index (κ2) is 6.33. The summed E-state index contributed by atoms with van der Waals surface area (Å²) < 4.78 is 0. The molecule has 0 saturated carbocycles. The fraction of sp³-hybridized carbons (Fsp3) is 0.429. The van der Waals surface area contributed by atoms with Crippen LogP contribution in [0.15, 0.2) is 29.1 Å². The molecule has 0 radical (unpaired) electrons. The summed E-state index contributed by atoms with van der Waals surface area (Å²) in [6, 6.07) is 3.29. The van der Waals surface area contributed by atoms with E-state index in [-0.39, 0.29) is 17.0 Å². The summed E-state index contributed by atoms with van der Waals surface area (Å²) in [6.07, 6.45) is 5.36. The van der Waals surface area contributed by atoms with Crippen LogP contribution in [0.2, 0.25) is 0 Å². The lowest BCUT2D eigenvalue weighted by Gasteiger charge is -2.22. The number of hydrogen-bond acceptors (Lipinski definition) is 3. The molecule has 0 saturated heterocycles. The van der Waals surface area contributed by atoms with E-state index in [9.17, 15) is 9.59 Å². The predicted molar refractivity (Wildman–Crippen MR) is 74.3 cm³/mol. The van der Waals surface area contributed by atoms with Gasteiger partial charge in [-0.1, -0.05) is 12.2 Å². The van der Waals surface area contributed by atoms with Crippen LogP contribution < -0.4 is 10.9 Å². The summed E-state index contributed by atoms with van der Waals surface area (Å²) in [5.74, 6) is -0.311. The van der Waals surface area contributed by atoms with Crippen LogP contribution in [0.5, 0.6) is 0 Å². The number of nitrogens with one attached hydrogen (secondary N) is 2. The molecular weight excluding hydrogens is 242 g/mol. The molecule has 19 heavy (non-hydrogen) atoms. The Morgan fingerprint density at radius 1 is 1.42 bits per heavy atom. The van der Waals surface area contributed by atoms with E-state index in [1.165, 1.54) is 0 Å². The minimum atomic E-state index is -0.335. The largest absolute Gasteiger partial charge is 0.351 e. The zero-order chi connectivity index (χ0) is 13.7. The standard InChI is InChI=1S/C14H19N3O2/c1-11-5-6-12(14(19)16-11)13(18)15-7-10-17-8-3-2-4-9-17/h2-3,5-6H,4,7-10H2,1H3,(H,15,18)(H,16,19). The highest BCUT2D eigenvalue weighted by molar-refractivity contribution is 5.93. The second-order valence-electron chi connectivity index (χ2n) is 4.70. The normalized spacial score (nSPS) is 15.4. The minimum absolute atomic E-state index is 0.170. The minimum Gasteiger partial charge on any atom is -0.351 e. The van der Waals surface area contributed by atoms with Crippen molar-refractivity contribution in [2.24, 2.45) is 0 Å². The Hall–Kier alpha value is -1.88. The number of aromatic amines is 1. The first kappa shape index (κ1) is 13.5. The highest BCUT2D eigenvalue weighted by atomic mass is 16.2. The highest BCUT2D eigenvalue weighted by Gasteiger charge is 2.11. The molecule has 1 aliphatic rings. The van der Waals surface area contributed by atoms with Crippen molar-refractivity contribution in [2.45, 2.75) is 13.3 Å². The number of carbonyl (C=O) groups excluding carboxylic acids is 1. The first-order chi connectivity index (χ1) is 9.16. The number of hydrogen-bond donors (Lipinski definition) is 2. The Morgan fingerprint density at radius 3 is 2.95 bits per heavy atom. The molecular formula is C14H19N3O2. The number of aromatic nitrogens is 1. The van der Waals surface area contributed by atoms with Crippen molar-refractivity contribution >= 4 is 5.91 Å². The molecule has 2 rings (SSSR count). The monoisotopic (exact) mass is 261 g/mol. The molecule has 0 bridgehead atoms. The number of aryl methyl sites for hydroxylation is 1. The Kier molecular flexibility index (Phi) is 4.52. The van der Waals surface area contributed by atoms with Gasteiger partial charge in [0.25, 0.3) is 11.5 Å². The van der Waals surface area contributed by atoms with E-state index in [0.717, 1.165) is 31.7 Å². The van der Waals surface area contributed by atoms with Crippen molar-refractivity contribution in [1.29, 1.82) is 0 Å². The fourth-order valence-corrected chi connectivity index (χ4v) is 2.07. The Morgan fingerprint density at radius 2 is 2.26 bits per heavy atom. The summed E-state index contributed by atoms with van der Waals surface area (Å²) in [5, 5.41) is 2.78. The van der Waals surface area contributed by atoms with Gasteiger partial charge < -0.3 is 10.3 Å². The van der Waals surface area contributed by atoms with Crippen molar-refractivity contribution < 1.29 is 4.79 Å². The van der Waals surface area contributed by atoms with Crippen LogP contribution >= 0.6 is 0 Å². The topological polar surface area (TPSA) is 65.2 Å². The number of rotatable bonds is 4. The van der Waals surface area contributed by atoms with Crippen molar-refractivity contribution in [2.75, 3.05) is 26.2 Å². The maximum absolute atomic E-state index is 11.9. The summed E-state index contributed by atoms with van der Waals surface area (Å²) in [6.45, 7) is 5.10. The Balaban J connectivity index is 1.84. The molecule has 0 fully saturated rings. The number of pyridine rings is 1. The lowest BCUT2D eigenvalue weighted by Crippen LogP contribution is -2.38. The van der Waals surface area contributed by atoms with E-state index >= 15 is 0 Å². The van der Waals surface area contributed by atoms with Crippen LogP contribution in [0.4, 0.5) is 0 Å². The van der Waals surface area contributed by atoms with E-state index < -0.39 is 0 Å². The van der Waals surface area contributed by atoms with Gasteiger partial charge in [-0.2, -0.15) is 0 Å². The summed E-state index contributed by atoms with van der Waals surface area (Å²) in [7, 11) is 0. The predicted octanol–water partition coefficient (Wildman–Crippen LogP) is 0.675. The molecule has 2 heterocycles. The van der Waals surface area contributed by atoms with E-state index in [1.807, 2.05) is 0 Å². The zero-order valence-electron chi connectivity index (χ0n) is 11.1. The molecule has 5 nitrogen and oxygen atoms in total. The molecule has 1 aromatic rings. The van der Waals surface area contributed by atoms with Crippen molar-refractivity contribution in [3.8, 4) is 0 Å². The van der Waals surface area contributed by atoms with Gasteiger partial charge in [0.2, 0.25) is 0 Å². The smallest absolute Gasteiger partial charge is 0.260 e. The van der Waals surface area contributed by atoms with E-state index in [0.29, 0.717) is 6.54 Å². The average molecular weight is 261 g/mol. The third-order valence-corrected chi connectivity index (χ3v) is 3.16. The van der Waals surface area contributed by atoms with E-state index in [1.54, 1.807) is 19.1 Å². The zero-order valence-corrected chi connectivity index (χ0v) is 11.1. The number of nitrogens with zero attached hydrogens (tertiary/aromatic N) is 1. The Labute approximate surface area is 112 Å². The van der Waals surface area contributed by atoms with Gasteiger partial charge in [-0.3, -0.25) is 14.5 Å². The van der Waals surface area contributed by atoms with Crippen LogP contribution in [-0.2, 0) is 0 Å². The quantitative estimate of drug-likeness (QED) is 0.783.